The van der Waals surface area contributed by atoms with Gasteiger partial charge in [-0.1, -0.05) is 12.1 Å². The van der Waals surface area contributed by atoms with E-state index in [1.165, 1.54) is 16.7 Å². The van der Waals surface area contributed by atoms with E-state index in [1.54, 1.807) is 14.2 Å². The van der Waals surface area contributed by atoms with Crippen LogP contribution in [-0.2, 0) is 6.42 Å². The van der Waals surface area contributed by atoms with E-state index in [0.717, 1.165) is 23.7 Å². The van der Waals surface area contributed by atoms with Crippen LogP contribution in [0.5, 0.6) is 17.2 Å². The molecule has 0 saturated heterocycles. The maximum Gasteiger partial charge on any atom is 0.161 e. The van der Waals surface area contributed by atoms with Crippen LogP contribution in [0.4, 0.5) is 0 Å². The zero-order valence-electron chi connectivity index (χ0n) is 15.0. The lowest BCUT2D eigenvalue weighted by atomic mass is 9.89. The van der Waals surface area contributed by atoms with Crippen molar-refractivity contribution in [1.29, 1.82) is 0 Å². The van der Waals surface area contributed by atoms with Crippen molar-refractivity contribution in [3.05, 3.63) is 53.1 Å². The van der Waals surface area contributed by atoms with Crippen molar-refractivity contribution in [3.8, 4) is 17.2 Å². The molecule has 4 nitrogen and oxygen atoms in total. The van der Waals surface area contributed by atoms with Gasteiger partial charge in [0.15, 0.2) is 11.5 Å². The molecule has 0 fully saturated rings. The standard InChI is InChI=1S/C20H27NO3/c1-5-24-19-9-6-15(12-20(19)23-4)11-16(13-21)18-8-7-17(22-3)10-14(18)2/h6-10,12,16H,5,11,13,21H2,1-4H3. The number of rotatable bonds is 8. The number of hydrogen-bond acceptors (Lipinski definition) is 4. The molecule has 0 bridgehead atoms. The minimum Gasteiger partial charge on any atom is -0.497 e. The minimum atomic E-state index is 0.249. The molecule has 1 atom stereocenters. The fourth-order valence-electron chi connectivity index (χ4n) is 2.95. The molecule has 24 heavy (non-hydrogen) atoms. The third-order valence-electron chi connectivity index (χ3n) is 4.21. The topological polar surface area (TPSA) is 53.7 Å². The van der Waals surface area contributed by atoms with E-state index in [4.69, 9.17) is 19.9 Å². The maximum atomic E-state index is 6.05. The highest BCUT2D eigenvalue weighted by Gasteiger charge is 2.15. The summed E-state index contributed by atoms with van der Waals surface area (Å²) in [7, 11) is 3.34. The molecule has 2 N–H and O–H groups in total. The second-order valence-corrected chi connectivity index (χ2v) is 5.78. The molecule has 0 aromatic heterocycles. The van der Waals surface area contributed by atoms with Crippen LogP contribution in [0.15, 0.2) is 36.4 Å². The first kappa shape index (κ1) is 18.1. The quantitative estimate of drug-likeness (QED) is 0.802. The largest absolute Gasteiger partial charge is 0.497 e. The lowest BCUT2D eigenvalue weighted by Gasteiger charge is -2.19. The van der Waals surface area contributed by atoms with Crippen molar-refractivity contribution in [2.24, 2.45) is 5.73 Å². The summed E-state index contributed by atoms with van der Waals surface area (Å²) in [5.74, 6) is 2.65. The summed E-state index contributed by atoms with van der Waals surface area (Å²) >= 11 is 0. The zero-order valence-corrected chi connectivity index (χ0v) is 15.0. The van der Waals surface area contributed by atoms with Crippen LogP contribution in [-0.4, -0.2) is 27.4 Å². The van der Waals surface area contributed by atoms with Crippen molar-refractivity contribution in [1.82, 2.24) is 0 Å². The maximum absolute atomic E-state index is 6.05. The molecule has 1 unspecified atom stereocenters. The van der Waals surface area contributed by atoms with E-state index in [9.17, 15) is 0 Å². The third kappa shape index (κ3) is 4.20. The summed E-state index contributed by atoms with van der Waals surface area (Å²) in [6.07, 6.45) is 0.854. The summed E-state index contributed by atoms with van der Waals surface area (Å²) in [5, 5.41) is 0. The molecule has 0 aliphatic rings. The highest BCUT2D eigenvalue weighted by atomic mass is 16.5. The van der Waals surface area contributed by atoms with E-state index in [1.807, 2.05) is 25.1 Å². The van der Waals surface area contributed by atoms with Gasteiger partial charge in [-0.25, -0.2) is 0 Å². The molecule has 0 amide bonds. The van der Waals surface area contributed by atoms with Gasteiger partial charge >= 0.3 is 0 Å². The van der Waals surface area contributed by atoms with Crippen LogP contribution in [0.3, 0.4) is 0 Å². The fourth-order valence-corrected chi connectivity index (χ4v) is 2.95. The first-order valence-electron chi connectivity index (χ1n) is 8.27. The first-order valence-corrected chi connectivity index (χ1v) is 8.27. The normalized spacial score (nSPS) is 11.9. The predicted octanol–water partition coefficient (Wildman–Crippen LogP) is 3.70. The molecule has 0 aliphatic carbocycles. The van der Waals surface area contributed by atoms with Gasteiger partial charge in [0.25, 0.3) is 0 Å². The Kier molecular flexibility index (Phi) is 6.50. The Hall–Kier alpha value is -2.20. The molecular weight excluding hydrogens is 302 g/mol. The highest BCUT2D eigenvalue weighted by molar-refractivity contribution is 5.44. The third-order valence-corrected chi connectivity index (χ3v) is 4.21. The molecule has 4 heteroatoms. The number of methoxy groups -OCH3 is 2. The van der Waals surface area contributed by atoms with Crippen LogP contribution in [0.25, 0.3) is 0 Å². The van der Waals surface area contributed by atoms with Gasteiger partial charge in [-0.05, 0) is 67.8 Å². The smallest absolute Gasteiger partial charge is 0.161 e. The molecule has 0 spiro atoms. The van der Waals surface area contributed by atoms with E-state index < -0.39 is 0 Å². The Bertz CT molecular complexity index is 670. The molecule has 2 rings (SSSR count). The summed E-state index contributed by atoms with van der Waals surface area (Å²) in [4.78, 5) is 0. The van der Waals surface area contributed by atoms with Crippen LogP contribution in [0, 0.1) is 6.92 Å². The Morgan fingerprint density at radius 3 is 2.38 bits per heavy atom. The molecule has 130 valence electrons. The first-order chi connectivity index (χ1) is 11.6. The average Bonchev–Trinajstić information content (AvgIpc) is 2.61. The van der Waals surface area contributed by atoms with Crippen molar-refractivity contribution >= 4 is 0 Å². The Labute approximate surface area is 144 Å². The number of benzene rings is 2. The predicted molar refractivity (Wildman–Crippen MR) is 97.4 cm³/mol. The van der Waals surface area contributed by atoms with Crippen LogP contribution < -0.4 is 19.9 Å². The number of ether oxygens (including phenoxy) is 3. The van der Waals surface area contributed by atoms with E-state index in [-0.39, 0.29) is 5.92 Å². The van der Waals surface area contributed by atoms with E-state index >= 15 is 0 Å². The van der Waals surface area contributed by atoms with Crippen molar-refractivity contribution in [3.63, 3.8) is 0 Å². The van der Waals surface area contributed by atoms with Gasteiger partial charge in [-0.15, -0.1) is 0 Å². The fraction of sp³-hybridized carbons (Fsp3) is 0.400. The second-order valence-electron chi connectivity index (χ2n) is 5.78. The minimum absolute atomic E-state index is 0.249. The molecule has 2 aromatic carbocycles. The summed E-state index contributed by atoms with van der Waals surface area (Å²) < 4.78 is 16.3. The highest BCUT2D eigenvalue weighted by Crippen LogP contribution is 2.31. The number of aryl methyl sites for hydroxylation is 1. The lowest BCUT2D eigenvalue weighted by molar-refractivity contribution is 0.310. The zero-order chi connectivity index (χ0) is 17.5. The van der Waals surface area contributed by atoms with Gasteiger partial charge in [0.05, 0.1) is 20.8 Å². The van der Waals surface area contributed by atoms with Gasteiger partial charge in [-0.2, -0.15) is 0 Å². The second kappa shape index (κ2) is 8.60. The molecule has 0 saturated carbocycles. The molecule has 0 aliphatic heterocycles. The Morgan fingerprint density at radius 1 is 1.00 bits per heavy atom. The number of hydrogen-bond donors (Lipinski definition) is 1. The average molecular weight is 329 g/mol. The Balaban J connectivity index is 2.24. The van der Waals surface area contributed by atoms with Gasteiger partial charge in [-0.3, -0.25) is 0 Å². The van der Waals surface area contributed by atoms with Crippen molar-refractivity contribution in [2.75, 3.05) is 27.4 Å². The van der Waals surface area contributed by atoms with Gasteiger partial charge in [0.2, 0.25) is 0 Å². The van der Waals surface area contributed by atoms with Gasteiger partial charge in [0.1, 0.15) is 5.75 Å². The Morgan fingerprint density at radius 2 is 1.79 bits per heavy atom. The van der Waals surface area contributed by atoms with Crippen molar-refractivity contribution < 1.29 is 14.2 Å². The van der Waals surface area contributed by atoms with Gasteiger partial charge < -0.3 is 19.9 Å². The molecular formula is C20H27NO3. The summed E-state index contributed by atoms with van der Waals surface area (Å²) in [5.41, 5.74) is 9.69. The summed E-state index contributed by atoms with van der Waals surface area (Å²) in [6, 6.07) is 12.2. The van der Waals surface area contributed by atoms with Crippen LogP contribution in [0.2, 0.25) is 0 Å². The SMILES string of the molecule is CCOc1ccc(CC(CN)c2ccc(OC)cc2C)cc1OC. The lowest BCUT2D eigenvalue weighted by Crippen LogP contribution is -2.16. The monoisotopic (exact) mass is 329 g/mol. The van der Waals surface area contributed by atoms with Crippen LogP contribution in [0.1, 0.15) is 29.5 Å². The molecule has 0 heterocycles. The number of nitrogens with two attached hydrogens (primary N) is 1. The summed E-state index contributed by atoms with van der Waals surface area (Å²) in [6.45, 7) is 5.26. The molecule has 0 radical (unpaired) electrons. The van der Waals surface area contributed by atoms with Crippen LogP contribution >= 0.6 is 0 Å². The van der Waals surface area contributed by atoms with E-state index in [2.05, 4.69) is 25.1 Å². The van der Waals surface area contributed by atoms with Gasteiger partial charge in [0, 0.05) is 5.92 Å². The molecule has 2 aromatic rings. The van der Waals surface area contributed by atoms with E-state index in [0.29, 0.717) is 13.2 Å². The van der Waals surface area contributed by atoms with Crippen molar-refractivity contribution in [2.45, 2.75) is 26.2 Å².